The van der Waals surface area contributed by atoms with E-state index in [9.17, 15) is 9.59 Å². The van der Waals surface area contributed by atoms with E-state index in [0.717, 1.165) is 0 Å². The smallest absolute Gasteiger partial charge is 0.234 e. The van der Waals surface area contributed by atoms with E-state index < -0.39 is 0 Å². The second kappa shape index (κ2) is 6.44. The second-order valence-corrected chi connectivity index (χ2v) is 4.11. The molecule has 1 fully saturated rings. The van der Waals surface area contributed by atoms with Crippen LogP contribution in [0.5, 0.6) is 0 Å². The zero-order valence-electron chi connectivity index (χ0n) is 9.57. The molecule has 2 amide bonds. The van der Waals surface area contributed by atoms with Crippen molar-refractivity contribution in [2.45, 2.75) is 19.8 Å². The molecule has 0 aliphatic carbocycles. The van der Waals surface area contributed by atoms with E-state index in [0.29, 0.717) is 32.7 Å². The summed E-state index contributed by atoms with van der Waals surface area (Å²) in [7, 11) is 0. The highest BCUT2D eigenvalue weighted by Crippen LogP contribution is 2.06. The fraction of sp³-hybridized carbons (Fsp3) is 0.800. The minimum atomic E-state index is -0.369. The summed E-state index contributed by atoms with van der Waals surface area (Å²) >= 11 is 0. The fourth-order valence-corrected chi connectivity index (χ4v) is 1.63. The van der Waals surface area contributed by atoms with Crippen LogP contribution in [-0.4, -0.2) is 43.1 Å². The van der Waals surface area contributed by atoms with Crippen LogP contribution in [0, 0.1) is 5.92 Å². The van der Waals surface area contributed by atoms with Gasteiger partial charge in [0.2, 0.25) is 11.8 Å². The van der Waals surface area contributed by atoms with E-state index in [1.165, 1.54) is 0 Å². The van der Waals surface area contributed by atoms with E-state index in [1.54, 1.807) is 0 Å². The summed E-state index contributed by atoms with van der Waals surface area (Å²) in [4.78, 5) is 22.2. The topological polar surface area (TPSA) is 84.7 Å². The van der Waals surface area contributed by atoms with E-state index >= 15 is 0 Å². The van der Waals surface area contributed by atoms with Crippen molar-refractivity contribution in [2.24, 2.45) is 11.7 Å². The Balaban J connectivity index is 2.21. The largest absolute Gasteiger partial charge is 0.379 e. The van der Waals surface area contributed by atoms with Crippen LogP contribution >= 0.6 is 0 Å². The van der Waals surface area contributed by atoms with E-state index in [4.69, 9.17) is 10.5 Å². The quantitative estimate of drug-likeness (QED) is 0.649. The zero-order chi connectivity index (χ0) is 12.0. The maximum atomic E-state index is 11.6. The average Bonchev–Trinajstić information content (AvgIpc) is 2.17. The van der Waals surface area contributed by atoms with Crippen LogP contribution < -0.4 is 11.2 Å². The molecule has 6 heteroatoms. The van der Waals surface area contributed by atoms with Gasteiger partial charge >= 0.3 is 0 Å². The van der Waals surface area contributed by atoms with Crippen LogP contribution in [0.15, 0.2) is 0 Å². The lowest BCUT2D eigenvalue weighted by molar-refractivity contribution is -0.129. The molecule has 0 saturated carbocycles. The summed E-state index contributed by atoms with van der Waals surface area (Å²) in [5.74, 6) is -0.458. The van der Waals surface area contributed by atoms with Gasteiger partial charge < -0.3 is 10.5 Å². The number of nitrogens with one attached hydrogen (secondary N) is 1. The molecule has 1 heterocycles. The van der Waals surface area contributed by atoms with Crippen LogP contribution in [0.1, 0.15) is 19.8 Å². The third-order valence-electron chi connectivity index (χ3n) is 2.38. The van der Waals surface area contributed by atoms with Crippen molar-refractivity contribution in [3.05, 3.63) is 0 Å². The summed E-state index contributed by atoms with van der Waals surface area (Å²) in [5, 5.41) is 1.84. The molecule has 0 aromatic heterocycles. The Morgan fingerprint density at radius 2 is 2.00 bits per heavy atom. The van der Waals surface area contributed by atoms with Crippen molar-refractivity contribution in [3.63, 3.8) is 0 Å². The predicted molar refractivity (Wildman–Crippen MR) is 58.1 cm³/mol. The molecule has 1 atom stereocenters. The van der Waals surface area contributed by atoms with Gasteiger partial charge in [0.1, 0.15) is 0 Å². The van der Waals surface area contributed by atoms with Gasteiger partial charge in [-0.15, -0.1) is 0 Å². The molecule has 0 radical (unpaired) electrons. The van der Waals surface area contributed by atoms with Gasteiger partial charge in [-0.3, -0.25) is 15.0 Å². The molecule has 16 heavy (non-hydrogen) atoms. The number of morpholine rings is 1. The van der Waals surface area contributed by atoms with Crippen molar-refractivity contribution in [1.82, 2.24) is 10.4 Å². The summed E-state index contributed by atoms with van der Waals surface area (Å²) in [5.41, 5.74) is 7.84. The number of carbonyl (C=O) groups excluding carboxylic acids is 2. The summed E-state index contributed by atoms with van der Waals surface area (Å²) in [6, 6.07) is 0. The summed E-state index contributed by atoms with van der Waals surface area (Å²) in [6.07, 6.45) is 0.566. The highest BCUT2D eigenvalue weighted by molar-refractivity contribution is 5.78. The Morgan fingerprint density at radius 3 is 2.56 bits per heavy atom. The highest BCUT2D eigenvalue weighted by Gasteiger charge is 2.15. The zero-order valence-corrected chi connectivity index (χ0v) is 9.57. The van der Waals surface area contributed by atoms with E-state index in [2.05, 4.69) is 5.43 Å². The molecule has 6 nitrogen and oxygen atoms in total. The lowest BCUT2D eigenvalue weighted by atomic mass is 10.0. The Labute approximate surface area is 95.1 Å². The number of hydrogen-bond donors (Lipinski definition) is 2. The van der Waals surface area contributed by atoms with Gasteiger partial charge in [-0.05, 0) is 5.92 Å². The maximum Gasteiger partial charge on any atom is 0.234 e. The highest BCUT2D eigenvalue weighted by atomic mass is 16.5. The Kier molecular flexibility index (Phi) is 5.21. The standard InChI is InChI=1S/C10H19N3O3/c1-8(6-9(11)14)7-10(15)12-13-2-4-16-5-3-13/h8H,2-7H2,1H3,(H2,11,14)(H,12,15)/t8-/m1/s1. The van der Waals surface area contributed by atoms with Gasteiger partial charge in [-0.2, -0.15) is 0 Å². The number of hydrogen-bond acceptors (Lipinski definition) is 4. The summed E-state index contributed by atoms with van der Waals surface area (Å²) < 4.78 is 5.16. The molecule has 3 N–H and O–H groups in total. The van der Waals surface area contributed by atoms with Crippen molar-refractivity contribution >= 4 is 11.8 Å². The first-order chi connectivity index (χ1) is 7.58. The van der Waals surface area contributed by atoms with E-state index in [1.807, 2.05) is 11.9 Å². The van der Waals surface area contributed by atoms with Crippen molar-refractivity contribution < 1.29 is 14.3 Å². The molecule has 0 bridgehead atoms. The van der Waals surface area contributed by atoms with E-state index in [-0.39, 0.29) is 24.2 Å². The number of nitrogens with zero attached hydrogens (tertiary/aromatic N) is 1. The Hall–Kier alpha value is -1.14. The first-order valence-corrected chi connectivity index (χ1v) is 5.48. The number of ether oxygens (including phenoxy) is 1. The van der Waals surface area contributed by atoms with Gasteiger partial charge in [0.25, 0.3) is 0 Å². The molecule has 1 saturated heterocycles. The normalized spacial score (nSPS) is 19.1. The first-order valence-electron chi connectivity index (χ1n) is 5.48. The summed E-state index contributed by atoms with van der Waals surface area (Å²) in [6.45, 7) is 4.52. The fourth-order valence-electron chi connectivity index (χ4n) is 1.63. The minimum Gasteiger partial charge on any atom is -0.379 e. The average molecular weight is 229 g/mol. The third kappa shape index (κ3) is 5.09. The molecule has 1 aliphatic heterocycles. The monoisotopic (exact) mass is 229 g/mol. The molecule has 1 aliphatic rings. The van der Waals surface area contributed by atoms with Gasteiger partial charge in [0, 0.05) is 25.9 Å². The Bertz CT molecular complexity index is 252. The minimum absolute atomic E-state index is 0.0152. The molecular formula is C10H19N3O3. The van der Waals surface area contributed by atoms with Crippen molar-refractivity contribution in [1.29, 1.82) is 0 Å². The lowest BCUT2D eigenvalue weighted by Gasteiger charge is -2.27. The van der Waals surface area contributed by atoms with Crippen LogP contribution in [0.2, 0.25) is 0 Å². The second-order valence-electron chi connectivity index (χ2n) is 4.11. The van der Waals surface area contributed by atoms with Crippen LogP contribution in [0.3, 0.4) is 0 Å². The third-order valence-corrected chi connectivity index (χ3v) is 2.38. The Morgan fingerprint density at radius 1 is 1.38 bits per heavy atom. The molecular weight excluding hydrogens is 210 g/mol. The number of carbonyl (C=O) groups is 2. The molecule has 0 aromatic carbocycles. The number of nitrogens with two attached hydrogens (primary N) is 1. The maximum absolute atomic E-state index is 11.6. The lowest BCUT2D eigenvalue weighted by Crippen LogP contribution is -2.48. The number of amides is 2. The van der Waals surface area contributed by atoms with Crippen molar-refractivity contribution in [3.8, 4) is 0 Å². The van der Waals surface area contributed by atoms with Crippen LogP contribution in [0.4, 0.5) is 0 Å². The van der Waals surface area contributed by atoms with Crippen LogP contribution in [-0.2, 0) is 14.3 Å². The predicted octanol–water partition coefficient (Wildman–Crippen LogP) is -0.749. The number of hydrazine groups is 1. The molecule has 92 valence electrons. The molecule has 0 aromatic rings. The van der Waals surface area contributed by atoms with Gasteiger partial charge in [0.05, 0.1) is 13.2 Å². The van der Waals surface area contributed by atoms with Crippen LogP contribution in [0.25, 0.3) is 0 Å². The van der Waals surface area contributed by atoms with Gasteiger partial charge in [-0.1, -0.05) is 6.92 Å². The van der Waals surface area contributed by atoms with Gasteiger partial charge in [-0.25, -0.2) is 5.01 Å². The molecule has 0 unspecified atom stereocenters. The molecule has 1 rings (SSSR count). The number of rotatable bonds is 5. The SMILES string of the molecule is C[C@H](CC(N)=O)CC(=O)NN1CCOCC1. The molecule has 0 spiro atoms. The first kappa shape index (κ1) is 12.9. The van der Waals surface area contributed by atoms with Crippen molar-refractivity contribution in [2.75, 3.05) is 26.3 Å². The number of primary amides is 1. The van der Waals surface area contributed by atoms with Gasteiger partial charge in [0.15, 0.2) is 0 Å².